The molecule has 1 aliphatic rings. The van der Waals surface area contributed by atoms with E-state index in [0.717, 1.165) is 25.1 Å². The molecule has 1 fully saturated rings. The Morgan fingerprint density at radius 3 is 2.71 bits per heavy atom. The summed E-state index contributed by atoms with van der Waals surface area (Å²) in [7, 11) is 0. The predicted molar refractivity (Wildman–Crippen MR) is 80.9 cm³/mol. The number of ether oxygens (including phenoxy) is 2. The van der Waals surface area contributed by atoms with Crippen molar-refractivity contribution in [1.82, 2.24) is 0 Å². The fourth-order valence-corrected chi connectivity index (χ4v) is 2.39. The molecular weight excluding hydrogens is 272 g/mol. The summed E-state index contributed by atoms with van der Waals surface area (Å²) in [6, 6.07) is 5.26. The van der Waals surface area contributed by atoms with E-state index in [2.05, 4.69) is 5.32 Å². The van der Waals surface area contributed by atoms with Crippen LogP contribution in [0.25, 0.3) is 0 Å². The smallest absolute Gasteiger partial charge is 0.311 e. The van der Waals surface area contributed by atoms with Crippen molar-refractivity contribution in [3.05, 3.63) is 28.3 Å². The second-order valence-electron chi connectivity index (χ2n) is 5.50. The van der Waals surface area contributed by atoms with Crippen LogP contribution in [0.3, 0.4) is 0 Å². The first kappa shape index (κ1) is 15.6. The van der Waals surface area contributed by atoms with Gasteiger partial charge in [0.15, 0.2) is 5.75 Å². The Balaban J connectivity index is 2.02. The minimum atomic E-state index is -0.421. The van der Waals surface area contributed by atoms with Gasteiger partial charge in [0.1, 0.15) is 0 Å². The van der Waals surface area contributed by atoms with E-state index >= 15 is 0 Å². The van der Waals surface area contributed by atoms with Gasteiger partial charge in [0.25, 0.3) is 0 Å². The van der Waals surface area contributed by atoms with Gasteiger partial charge in [0, 0.05) is 30.5 Å². The number of nitrogens with one attached hydrogen (secondary N) is 1. The van der Waals surface area contributed by atoms with Crippen LogP contribution in [0.4, 0.5) is 11.4 Å². The number of nitro benzene ring substituents is 1. The summed E-state index contributed by atoms with van der Waals surface area (Å²) in [6.45, 7) is 6.43. The van der Waals surface area contributed by atoms with Crippen molar-refractivity contribution < 1.29 is 14.4 Å². The van der Waals surface area contributed by atoms with Crippen molar-refractivity contribution in [3.63, 3.8) is 0 Å². The van der Waals surface area contributed by atoms with E-state index in [9.17, 15) is 10.1 Å². The number of anilines is 1. The molecule has 116 valence electrons. The fourth-order valence-electron chi connectivity index (χ4n) is 2.39. The number of benzene rings is 1. The standard InChI is InChI=1S/C15H22N2O4/c1-4-20-13-7-12(8-13)16-11-5-6-14(17(18)19)15(9-11)21-10(2)3/h5-6,9-10,12-13,16H,4,7-8H2,1-3H3. The third-order valence-electron chi connectivity index (χ3n) is 3.39. The molecule has 2 rings (SSSR count). The molecule has 0 heterocycles. The summed E-state index contributed by atoms with van der Waals surface area (Å²) in [6.07, 6.45) is 2.15. The normalized spacial score (nSPS) is 21.0. The monoisotopic (exact) mass is 294 g/mol. The van der Waals surface area contributed by atoms with Crippen molar-refractivity contribution in [3.8, 4) is 5.75 Å². The van der Waals surface area contributed by atoms with Crippen LogP contribution in [0.5, 0.6) is 5.75 Å². The first-order valence-electron chi connectivity index (χ1n) is 7.32. The Kier molecular flexibility index (Phi) is 5.01. The summed E-state index contributed by atoms with van der Waals surface area (Å²) in [5.74, 6) is 0.306. The molecule has 0 unspecified atom stereocenters. The van der Waals surface area contributed by atoms with Gasteiger partial charge in [-0.25, -0.2) is 0 Å². The molecule has 21 heavy (non-hydrogen) atoms. The molecule has 0 saturated heterocycles. The van der Waals surface area contributed by atoms with Crippen molar-refractivity contribution in [2.75, 3.05) is 11.9 Å². The van der Waals surface area contributed by atoms with Gasteiger partial charge in [0.05, 0.1) is 17.1 Å². The fraction of sp³-hybridized carbons (Fsp3) is 0.600. The van der Waals surface area contributed by atoms with Crippen LogP contribution in [0.1, 0.15) is 33.6 Å². The molecule has 0 spiro atoms. The maximum atomic E-state index is 11.0. The van der Waals surface area contributed by atoms with E-state index in [4.69, 9.17) is 9.47 Å². The average molecular weight is 294 g/mol. The van der Waals surface area contributed by atoms with Gasteiger partial charge in [-0.3, -0.25) is 10.1 Å². The number of rotatable bonds is 7. The predicted octanol–water partition coefficient (Wildman–Crippen LogP) is 3.36. The van der Waals surface area contributed by atoms with Crippen molar-refractivity contribution in [2.45, 2.75) is 51.9 Å². The van der Waals surface area contributed by atoms with Gasteiger partial charge in [-0.15, -0.1) is 0 Å². The maximum Gasteiger partial charge on any atom is 0.311 e. The zero-order valence-corrected chi connectivity index (χ0v) is 12.7. The molecule has 1 aromatic rings. The molecule has 0 radical (unpaired) electrons. The third kappa shape index (κ3) is 4.07. The highest BCUT2D eigenvalue weighted by atomic mass is 16.6. The lowest BCUT2D eigenvalue weighted by atomic mass is 9.89. The lowest BCUT2D eigenvalue weighted by molar-refractivity contribution is -0.386. The Bertz CT molecular complexity index is 498. The minimum Gasteiger partial charge on any atom is -0.484 e. The van der Waals surface area contributed by atoms with Crippen LogP contribution >= 0.6 is 0 Å². The molecular formula is C15H22N2O4. The van der Waals surface area contributed by atoms with Gasteiger partial charge >= 0.3 is 5.69 Å². The molecule has 0 atom stereocenters. The zero-order chi connectivity index (χ0) is 15.4. The van der Waals surface area contributed by atoms with Crippen molar-refractivity contribution in [2.24, 2.45) is 0 Å². The molecule has 0 aromatic heterocycles. The number of hydrogen-bond donors (Lipinski definition) is 1. The Hall–Kier alpha value is -1.82. The second kappa shape index (κ2) is 6.76. The van der Waals surface area contributed by atoms with Crippen LogP contribution in [0.2, 0.25) is 0 Å². The van der Waals surface area contributed by atoms with E-state index in [0.29, 0.717) is 17.9 Å². The zero-order valence-electron chi connectivity index (χ0n) is 12.7. The van der Waals surface area contributed by atoms with Gasteiger partial charge in [-0.1, -0.05) is 0 Å². The highest BCUT2D eigenvalue weighted by Gasteiger charge is 2.29. The van der Waals surface area contributed by atoms with Crippen molar-refractivity contribution >= 4 is 11.4 Å². The van der Waals surface area contributed by atoms with Crippen LogP contribution in [0, 0.1) is 10.1 Å². The summed E-state index contributed by atoms with van der Waals surface area (Å²) < 4.78 is 11.1. The molecule has 1 N–H and O–H groups in total. The quantitative estimate of drug-likeness (QED) is 0.616. The van der Waals surface area contributed by atoms with Crippen LogP contribution in [0.15, 0.2) is 18.2 Å². The number of nitro groups is 1. The maximum absolute atomic E-state index is 11.0. The van der Waals surface area contributed by atoms with E-state index in [1.807, 2.05) is 20.8 Å². The summed E-state index contributed by atoms with van der Waals surface area (Å²) >= 11 is 0. The Morgan fingerprint density at radius 1 is 1.43 bits per heavy atom. The Morgan fingerprint density at radius 2 is 2.14 bits per heavy atom. The molecule has 1 aromatic carbocycles. The van der Waals surface area contributed by atoms with E-state index < -0.39 is 4.92 Å². The lowest BCUT2D eigenvalue weighted by Gasteiger charge is -2.36. The Labute approximate surface area is 124 Å². The van der Waals surface area contributed by atoms with Gasteiger partial charge in [-0.05, 0) is 39.7 Å². The van der Waals surface area contributed by atoms with E-state index in [-0.39, 0.29) is 11.8 Å². The topological polar surface area (TPSA) is 73.6 Å². The van der Waals surface area contributed by atoms with Gasteiger partial charge in [0.2, 0.25) is 0 Å². The van der Waals surface area contributed by atoms with E-state index in [1.165, 1.54) is 6.07 Å². The van der Waals surface area contributed by atoms with E-state index in [1.54, 1.807) is 12.1 Å². The molecule has 6 heteroatoms. The largest absolute Gasteiger partial charge is 0.484 e. The summed E-state index contributed by atoms with van der Waals surface area (Å²) in [5, 5.41) is 14.4. The SMILES string of the molecule is CCOC1CC(Nc2ccc([N+](=O)[O-])c(OC(C)C)c2)C1. The minimum absolute atomic E-state index is 0.00458. The van der Waals surface area contributed by atoms with Crippen LogP contribution in [-0.4, -0.2) is 29.8 Å². The highest BCUT2D eigenvalue weighted by Crippen LogP contribution is 2.33. The first-order chi connectivity index (χ1) is 9.99. The summed E-state index contributed by atoms with van der Waals surface area (Å²) in [5.41, 5.74) is 0.839. The first-order valence-corrected chi connectivity index (χ1v) is 7.32. The van der Waals surface area contributed by atoms with Crippen LogP contribution in [-0.2, 0) is 4.74 Å². The second-order valence-corrected chi connectivity index (χ2v) is 5.50. The lowest BCUT2D eigenvalue weighted by Crippen LogP contribution is -2.40. The third-order valence-corrected chi connectivity index (χ3v) is 3.39. The molecule has 1 saturated carbocycles. The highest BCUT2D eigenvalue weighted by molar-refractivity contribution is 5.58. The van der Waals surface area contributed by atoms with Gasteiger partial charge < -0.3 is 14.8 Å². The molecule has 0 amide bonds. The van der Waals surface area contributed by atoms with Gasteiger partial charge in [-0.2, -0.15) is 0 Å². The molecule has 0 bridgehead atoms. The number of nitrogens with zero attached hydrogens (tertiary/aromatic N) is 1. The van der Waals surface area contributed by atoms with Crippen molar-refractivity contribution in [1.29, 1.82) is 0 Å². The molecule has 1 aliphatic carbocycles. The molecule has 6 nitrogen and oxygen atoms in total. The van der Waals surface area contributed by atoms with Crippen LogP contribution < -0.4 is 10.1 Å². The molecule has 0 aliphatic heterocycles. The number of hydrogen-bond acceptors (Lipinski definition) is 5. The average Bonchev–Trinajstić information content (AvgIpc) is 2.35. The summed E-state index contributed by atoms with van der Waals surface area (Å²) in [4.78, 5) is 10.6.